The zero-order valence-electron chi connectivity index (χ0n) is 23.6. The van der Waals surface area contributed by atoms with Crippen molar-refractivity contribution in [3.8, 4) is 0 Å². The predicted molar refractivity (Wildman–Crippen MR) is 151 cm³/mol. The van der Waals surface area contributed by atoms with E-state index in [0.717, 1.165) is 43.0 Å². The number of para-hydroxylation sites is 1. The number of amides is 4. The molecule has 0 unspecified atom stereocenters. The number of ketones is 1. The van der Waals surface area contributed by atoms with Crippen molar-refractivity contribution >= 4 is 40.3 Å². The van der Waals surface area contributed by atoms with Crippen molar-refractivity contribution in [1.29, 1.82) is 0 Å². The molecule has 216 valence electrons. The molecular formula is C30H41N5O5. The van der Waals surface area contributed by atoms with Crippen LogP contribution < -0.4 is 21.3 Å². The number of nitrogens with one attached hydrogen (secondary N) is 4. The third-order valence-corrected chi connectivity index (χ3v) is 7.99. The first-order valence-electron chi connectivity index (χ1n) is 14.4. The number of rotatable bonds is 11. The van der Waals surface area contributed by atoms with Gasteiger partial charge >= 0.3 is 0 Å². The number of nitrogens with zero attached hydrogens (tertiary/aromatic N) is 1. The van der Waals surface area contributed by atoms with E-state index in [2.05, 4.69) is 21.3 Å². The van der Waals surface area contributed by atoms with Crippen LogP contribution in [0.1, 0.15) is 75.7 Å². The van der Waals surface area contributed by atoms with E-state index >= 15 is 0 Å². The SMILES string of the molecule is CC(C)C[C@H](NC(=O)c1cc2ccccc2n1C)C(=O)N[C@@H](C[C@@H]1CCNC1=O)C(=O)C(=O)NC1CCCCC1. The van der Waals surface area contributed by atoms with E-state index in [1.807, 2.05) is 38.1 Å². The van der Waals surface area contributed by atoms with Gasteiger partial charge in [0.05, 0.1) is 6.04 Å². The molecule has 0 bridgehead atoms. The van der Waals surface area contributed by atoms with Gasteiger partial charge in [-0.15, -0.1) is 0 Å². The van der Waals surface area contributed by atoms with Crippen LogP contribution >= 0.6 is 0 Å². The second-order valence-electron chi connectivity index (χ2n) is 11.5. The summed E-state index contributed by atoms with van der Waals surface area (Å²) in [6.45, 7) is 4.36. The molecule has 2 aromatic rings. The molecule has 1 aliphatic carbocycles. The Kier molecular flexibility index (Phi) is 9.60. The van der Waals surface area contributed by atoms with E-state index < -0.39 is 41.5 Å². The summed E-state index contributed by atoms with van der Waals surface area (Å²) in [5.74, 6) is -3.07. The Bertz CT molecular complexity index is 1260. The van der Waals surface area contributed by atoms with Crippen LogP contribution in [0.4, 0.5) is 0 Å². The van der Waals surface area contributed by atoms with Crippen LogP contribution in [0.15, 0.2) is 30.3 Å². The minimum absolute atomic E-state index is 0.0278. The van der Waals surface area contributed by atoms with Gasteiger partial charge in [0, 0.05) is 36.5 Å². The average Bonchev–Trinajstić information content (AvgIpc) is 3.50. The number of aryl methyl sites for hydroxylation is 1. The molecule has 1 saturated heterocycles. The van der Waals surface area contributed by atoms with Crippen LogP contribution in [-0.4, -0.2) is 58.6 Å². The lowest BCUT2D eigenvalue weighted by molar-refractivity contribution is -0.141. The van der Waals surface area contributed by atoms with Crippen molar-refractivity contribution in [3.05, 3.63) is 36.0 Å². The Morgan fingerprint density at radius 3 is 2.38 bits per heavy atom. The number of carbonyl (C=O) groups is 5. The van der Waals surface area contributed by atoms with Gasteiger partial charge in [0.1, 0.15) is 11.7 Å². The number of hydrogen-bond donors (Lipinski definition) is 4. The standard InChI is InChI=1S/C30H41N5O5/c1-18(2)15-23(34-29(39)25-17-19-9-7-8-12-24(19)35(25)3)28(38)33-22(16-20-13-14-31-27(20)37)26(36)30(40)32-21-10-5-4-6-11-21/h7-9,12,17-18,20-23H,4-6,10-11,13-16H2,1-3H3,(H,31,37)(H,32,40)(H,33,38)(H,34,39)/t20-,22-,23-/m0/s1. The summed E-state index contributed by atoms with van der Waals surface area (Å²) in [5, 5.41) is 12.1. The van der Waals surface area contributed by atoms with Crippen LogP contribution in [0.25, 0.3) is 10.9 Å². The largest absolute Gasteiger partial charge is 0.356 e. The molecule has 4 N–H and O–H groups in total. The molecule has 10 nitrogen and oxygen atoms in total. The van der Waals surface area contributed by atoms with E-state index in [1.165, 1.54) is 0 Å². The van der Waals surface area contributed by atoms with E-state index in [4.69, 9.17) is 0 Å². The first kappa shape index (κ1) is 29.3. The molecule has 10 heteroatoms. The molecule has 4 rings (SSSR count). The van der Waals surface area contributed by atoms with Gasteiger partial charge in [0.2, 0.25) is 17.6 Å². The summed E-state index contributed by atoms with van der Waals surface area (Å²) < 4.78 is 1.77. The van der Waals surface area contributed by atoms with Gasteiger partial charge in [-0.05, 0) is 50.2 Å². The summed E-state index contributed by atoms with van der Waals surface area (Å²) >= 11 is 0. The Labute approximate surface area is 235 Å². The van der Waals surface area contributed by atoms with Crippen LogP contribution in [0.5, 0.6) is 0 Å². The molecule has 0 spiro atoms. The van der Waals surface area contributed by atoms with Gasteiger partial charge in [-0.1, -0.05) is 51.3 Å². The van der Waals surface area contributed by atoms with E-state index in [1.54, 1.807) is 17.7 Å². The molecule has 4 amide bonds. The van der Waals surface area contributed by atoms with Crippen LogP contribution in [0.3, 0.4) is 0 Å². The predicted octanol–water partition coefficient (Wildman–Crippen LogP) is 2.35. The van der Waals surface area contributed by atoms with Gasteiger partial charge in [0.25, 0.3) is 11.8 Å². The summed E-state index contributed by atoms with van der Waals surface area (Å²) in [6.07, 6.45) is 5.62. The van der Waals surface area contributed by atoms with E-state index in [-0.39, 0.29) is 24.3 Å². The molecule has 1 aromatic heterocycles. The fourth-order valence-corrected chi connectivity index (χ4v) is 5.76. The van der Waals surface area contributed by atoms with Gasteiger partial charge in [-0.25, -0.2) is 0 Å². The fourth-order valence-electron chi connectivity index (χ4n) is 5.76. The minimum atomic E-state index is -1.17. The number of Topliss-reactive ketones (excluding diaryl/α,β-unsaturated/α-hetero) is 1. The third kappa shape index (κ3) is 7.08. The van der Waals surface area contributed by atoms with Crippen LogP contribution in [0, 0.1) is 11.8 Å². The molecule has 1 aliphatic heterocycles. The zero-order chi connectivity index (χ0) is 28.8. The van der Waals surface area contributed by atoms with Crippen LogP contribution in [0.2, 0.25) is 0 Å². The summed E-state index contributed by atoms with van der Waals surface area (Å²) in [5.41, 5.74) is 1.30. The highest BCUT2D eigenvalue weighted by Gasteiger charge is 2.36. The average molecular weight is 552 g/mol. The fraction of sp³-hybridized carbons (Fsp3) is 0.567. The quantitative estimate of drug-likeness (QED) is 0.318. The molecule has 2 aliphatic rings. The Hall–Kier alpha value is -3.69. The molecule has 3 atom stereocenters. The molecule has 2 heterocycles. The van der Waals surface area contributed by atoms with Crippen molar-refractivity contribution in [2.24, 2.45) is 18.9 Å². The topological polar surface area (TPSA) is 138 Å². The molecule has 0 radical (unpaired) electrons. The number of benzene rings is 1. The first-order valence-corrected chi connectivity index (χ1v) is 14.4. The van der Waals surface area contributed by atoms with Crippen molar-refractivity contribution in [3.63, 3.8) is 0 Å². The Morgan fingerprint density at radius 2 is 1.73 bits per heavy atom. The highest BCUT2D eigenvalue weighted by molar-refractivity contribution is 6.38. The van der Waals surface area contributed by atoms with Crippen LogP contribution in [-0.2, 0) is 26.2 Å². The Balaban J connectivity index is 1.50. The Morgan fingerprint density at radius 1 is 1.00 bits per heavy atom. The second-order valence-corrected chi connectivity index (χ2v) is 11.5. The molecular weight excluding hydrogens is 510 g/mol. The van der Waals surface area contributed by atoms with Gasteiger partial charge in [0.15, 0.2) is 0 Å². The maximum atomic E-state index is 13.6. The molecule has 40 heavy (non-hydrogen) atoms. The normalized spacial score (nSPS) is 19.2. The zero-order valence-corrected chi connectivity index (χ0v) is 23.6. The van der Waals surface area contributed by atoms with Gasteiger partial charge in [-0.2, -0.15) is 0 Å². The smallest absolute Gasteiger partial charge is 0.289 e. The van der Waals surface area contributed by atoms with E-state index in [0.29, 0.717) is 25.1 Å². The van der Waals surface area contributed by atoms with Crippen molar-refractivity contribution in [1.82, 2.24) is 25.8 Å². The summed E-state index contributed by atoms with van der Waals surface area (Å²) in [6, 6.07) is 7.22. The molecule has 2 fully saturated rings. The summed E-state index contributed by atoms with van der Waals surface area (Å²) in [7, 11) is 1.79. The van der Waals surface area contributed by atoms with Crippen molar-refractivity contribution in [2.45, 2.75) is 83.3 Å². The van der Waals surface area contributed by atoms with Gasteiger partial charge in [-0.3, -0.25) is 24.0 Å². The maximum Gasteiger partial charge on any atom is 0.289 e. The monoisotopic (exact) mass is 551 g/mol. The number of aromatic nitrogens is 1. The lowest BCUT2D eigenvalue weighted by Crippen LogP contribution is -2.55. The van der Waals surface area contributed by atoms with Crippen molar-refractivity contribution in [2.75, 3.05) is 6.54 Å². The molecule has 1 saturated carbocycles. The highest BCUT2D eigenvalue weighted by atomic mass is 16.2. The number of hydrogen-bond acceptors (Lipinski definition) is 5. The lowest BCUT2D eigenvalue weighted by Gasteiger charge is -2.26. The summed E-state index contributed by atoms with van der Waals surface area (Å²) in [4.78, 5) is 65.4. The second kappa shape index (κ2) is 13.1. The lowest BCUT2D eigenvalue weighted by atomic mass is 9.93. The molecule has 1 aromatic carbocycles. The minimum Gasteiger partial charge on any atom is -0.356 e. The number of fused-ring (bicyclic) bond motifs is 1. The highest BCUT2D eigenvalue weighted by Crippen LogP contribution is 2.21. The van der Waals surface area contributed by atoms with Crippen molar-refractivity contribution < 1.29 is 24.0 Å². The number of carbonyl (C=O) groups excluding carboxylic acids is 5. The first-order chi connectivity index (χ1) is 19.1. The van der Waals surface area contributed by atoms with Gasteiger partial charge < -0.3 is 25.8 Å². The maximum absolute atomic E-state index is 13.6. The van der Waals surface area contributed by atoms with E-state index in [9.17, 15) is 24.0 Å². The third-order valence-electron chi connectivity index (χ3n) is 7.99.